The molecule has 1 spiro atoms. The Bertz CT molecular complexity index is 1270. The van der Waals surface area contributed by atoms with Crippen molar-refractivity contribution in [1.29, 1.82) is 0 Å². The molecule has 0 aromatic heterocycles. The van der Waals surface area contributed by atoms with Crippen LogP contribution in [0, 0.1) is 5.92 Å². The quantitative estimate of drug-likeness (QED) is 0.659. The lowest BCUT2D eigenvalue weighted by Crippen LogP contribution is -2.76. The van der Waals surface area contributed by atoms with Crippen molar-refractivity contribution in [2.24, 2.45) is 5.92 Å². The highest BCUT2D eigenvalue weighted by molar-refractivity contribution is 5.87. The van der Waals surface area contributed by atoms with E-state index >= 15 is 0 Å². The topological polar surface area (TPSA) is 60.5 Å². The van der Waals surface area contributed by atoms with Crippen molar-refractivity contribution in [3.8, 4) is 11.5 Å². The Kier molecular flexibility index (Phi) is 4.19. The van der Waals surface area contributed by atoms with Crippen LogP contribution in [-0.2, 0) is 32.6 Å². The van der Waals surface area contributed by atoms with Gasteiger partial charge >= 0.3 is 0 Å². The summed E-state index contributed by atoms with van der Waals surface area (Å²) in [6.07, 6.45) is 2.96. The van der Waals surface area contributed by atoms with Gasteiger partial charge in [-0.2, -0.15) is 0 Å². The van der Waals surface area contributed by atoms with Gasteiger partial charge in [0.25, 0.3) is 5.91 Å². The summed E-state index contributed by atoms with van der Waals surface area (Å²) >= 11 is 0. The third kappa shape index (κ3) is 2.22. The number of carbonyl (C=O) groups is 1. The molecular weight excluding hydrogens is 456 g/mol. The number of nitrogens with zero attached hydrogens (tertiary/aromatic N) is 2. The van der Waals surface area contributed by atoms with Gasteiger partial charge in [-0.3, -0.25) is 9.69 Å². The van der Waals surface area contributed by atoms with Crippen molar-refractivity contribution in [3.63, 3.8) is 0 Å². The van der Waals surface area contributed by atoms with E-state index in [9.17, 15) is 4.79 Å². The van der Waals surface area contributed by atoms with Crippen LogP contribution in [0.3, 0.4) is 0 Å². The summed E-state index contributed by atoms with van der Waals surface area (Å²) in [5.74, 6) is 1.51. The van der Waals surface area contributed by atoms with E-state index in [0.717, 1.165) is 55.8 Å². The van der Waals surface area contributed by atoms with Crippen LogP contribution in [0.2, 0.25) is 0 Å². The lowest BCUT2D eigenvalue weighted by Gasteiger charge is -2.66. The summed E-state index contributed by atoms with van der Waals surface area (Å²) in [7, 11) is 1.70. The summed E-state index contributed by atoms with van der Waals surface area (Å²) in [6.45, 7) is 4.80. The van der Waals surface area contributed by atoms with Crippen LogP contribution in [0.1, 0.15) is 42.9 Å². The molecule has 7 nitrogen and oxygen atoms in total. The number of methoxy groups -OCH3 is 1. The van der Waals surface area contributed by atoms with Crippen LogP contribution in [0.25, 0.3) is 0 Å². The van der Waals surface area contributed by atoms with Gasteiger partial charge in [0.05, 0.1) is 18.6 Å². The minimum absolute atomic E-state index is 0.0632. The maximum atomic E-state index is 14.2. The Morgan fingerprint density at radius 1 is 1.11 bits per heavy atom. The van der Waals surface area contributed by atoms with Crippen molar-refractivity contribution in [3.05, 3.63) is 59.2 Å². The van der Waals surface area contributed by atoms with E-state index in [4.69, 9.17) is 18.9 Å². The molecule has 1 saturated carbocycles. The maximum absolute atomic E-state index is 14.2. The third-order valence-corrected chi connectivity index (χ3v) is 10.4. The lowest BCUT2D eigenvalue weighted by molar-refractivity contribution is -0.259. The number of hydrogen-bond acceptors (Lipinski definition) is 6. The Morgan fingerprint density at radius 2 is 1.97 bits per heavy atom. The molecule has 0 radical (unpaired) electrons. The summed E-state index contributed by atoms with van der Waals surface area (Å²) in [6, 6.07) is 14.7. The van der Waals surface area contributed by atoms with E-state index in [1.54, 1.807) is 7.11 Å². The first-order valence-corrected chi connectivity index (χ1v) is 13.3. The van der Waals surface area contributed by atoms with E-state index in [0.29, 0.717) is 6.54 Å². The molecule has 1 amide bonds. The van der Waals surface area contributed by atoms with Crippen LogP contribution in [0.5, 0.6) is 11.5 Å². The summed E-state index contributed by atoms with van der Waals surface area (Å²) in [5, 5.41) is 0. The fourth-order valence-electron chi connectivity index (χ4n) is 9.21. The Labute approximate surface area is 211 Å². The largest absolute Gasteiger partial charge is 0.493 e. The SMILES string of the molecule is CCN1CCC23c4c5ccc(OC)c4OCOC46CCC2(O[C@H](C(=O)N4Cc2ccccc2)C63)C1C5. The number of benzene rings is 2. The van der Waals surface area contributed by atoms with Crippen molar-refractivity contribution < 1.29 is 23.7 Å². The van der Waals surface area contributed by atoms with Crippen molar-refractivity contribution in [1.82, 2.24) is 9.80 Å². The standard InChI is InChI=1S/C29H32N2O5/c1-3-30-14-13-27-22-19-9-10-20(33-2)23(22)34-17-35-29-12-11-28(27,21(30)15-19)36-24(25(27)29)26(32)31(29)16-18-7-5-4-6-8-18/h4-10,21,24-25H,3,11-17H2,1-2H3/t21?,24-,25?,27?,28?,29?/m0/s1. The first kappa shape index (κ1) is 21.5. The smallest absolute Gasteiger partial charge is 0.254 e. The van der Waals surface area contributed by atoms with E-state index in [1.807, 2.05) is 29.2 Å². The molecule has 2 aliphatic carbocycles. The highest BCUT2D eigenvalue weighted by Crippen LogP contribution is 2.74. The molecule has 188 valence electrons. The van der Waals surface area contributed by atoms with Gasteiger partial charge in [-0.15, -0.1) is 0 Å². The molecule has 5 unspecified atom stereocenters. The van der Waals surface area contributed by atoms with Gasteiger partial charge in [0.15, 0.2) is 24.0 Å². The molecule has 2 aromatic rings. The fourth-order valence-corrected chi connectivity index (χ4v) is 9.21. The molecule has 6 aliphatic rings. The van der Waals surface area contributed by atoms with Crippen molar-refractivity contribution >= 4 is 5.91 Å². The van der Waals surface area contributed by atoms with E-state index in [-0.39, 0.29) is 30.1 Å². The predicted octanol–water partition coefficient (Wildman–Crippen LogP) is 3.24. The van der Waals surface area contributed by atoms with Crippen LogP contribution in [0.15, 0.2) is 42.5 Å². The lowest BCUT2D eigenvalue weighted by atomic mass is 9.45. The number of likely N-dealkylation sites (N-methyl/N-ethyl adjacent to an activating group) is 1. The molecule has 7 heteroatoms. The number of hydrogen-bond donors (Lipinski definition) is 0. The number of piperidine rings is 1. The summed E-state index contributed by atoms with van der Waals surface area (Å²) in [4.78, 5) is 18.8. The normalized spacial score (nSPS) is 39.4. The molecule has 2 aromatic carbocycles. The molecule has 8 rings (SSSR count). The van der Waals surface area contributed by atoms with Gasteiger partial charge in [-0.1, -0.05) is 43.3 Å². The second kappa shape index (κ2) is 7.03. The van der Waals surface area contributed by atoms with Gasteiger partial charge in [-0.05, 0) is 56.0 Å². The van der Waals surface area contributed by atoms with Gasteiger partial charge in [0.2, 0.25) is 0 Å². The monoisotopic (exact) mass is 488 g/mol. The van der Waals surface area contributed by atoms with E-state index in [1.165, 1.54) is 11.1 Å². The molecule has 4 heterocycles. The average molecular weight is 489 g/mol. The Hall–Kier alpha value is -2.61. The maximum Gasteiger partial charge on any atom is 0.254 e. The molecular formula is C29H32N2O5. The first-order chi connectivity index (χ1) is 17.6. The van der Waals surface area contributed by atoms with Gasteiger partial charge in [0.1, 0.15) is 6.10 Å². The summed E-state index contributed by atoms with van der Waals surface area (Å²) in [5.41, 5.74) is 2.11. The van der Waals surface area contributed by atoms with Gasteiger partial charge < -0.3 is 23.8 Å². The number of carbonyl (C=O) groups excluding carboxylic acids is 1. The van der Waals surface area contributed by atoms with Crippen molar-refractivity contribution in [2.45, 2.75) is 68.0 Å². The number of rotatable bonds is 4. The fraction of sp³-hybridized carbons (Fsp3) is 0.552. The molecule has 5 bridgehead atoms. The minimum Gasteiger partial charge on any atom is -0.493 e. The second-order valence-electron chi connectivity index (χ2n) is 11.3. The van der Waals surface area contributed by atoms with Crippen molar-refractivity contribution in [2.75, 3.05) is 27.0 Å². The van der Waals surface area contributed by atoms with E-state index in [2.05, 4.69) is 30.0 Å². The zero-order valence-corrected chi connectivity index (χ0v) is 20.9. The Morgan fingerprint density at radius 3 is 2.78 bits per heavy atom. The molecule has 0 N–H and O–H groups in total. The third-order valence-electron chi connectivity index (χ3n) is 10.4. The second-order valence-corrected chi connectivity index (χ2v) is 11.3. The van der Waals surface area contributed by atoms with E-state index < -0.39 is 17.4 Å². The molecule has 6 atom stereocenters. The minimum atomic E-state index is -0.744. The predicted molar refractivity (Wildman–Crippen MR) is 131 cm³/mol. The zero-order valence-electron chi connectivity index (χ0n) is 20.9. The molecule has 3 saturated heterocycles. The number of ether oxygens (including phenoxy) is 4. The molecule has 4 fully saturated rings. The molecule has 4 aliphatic heterocycles. The van der Waals surface area contributed by atoms with Crippen LogP contribution < -0.4 is 9.47 Å². The number of likely N-dealkylation sites (tertiary alicyclic amines) is 2. The van der Waals surface area contributed by atoms with Crippen LogP contribution in [0.4, 0.5) is 0 Å². The highest BCUT2D eigenvalue weighted by Gasteiger charge is 2.84. The highest BCUT2D eigenvalue weighted by atomic mass is 16.7. The zero-order chi connectivity index (χ0) is 24.3. The Balaban J connectivity index is 1.39. The average Bonchev–Trinajstić information content (AvgIpc) is 3.26. The van der Waals surface area contributed by atoms with Gasteiger partial charge in [-0.25, -0.2) is 0 Å². The van der Waals surface area contributed by atoms with Crippen LogP contribution in [-0.4, -0.2) is 66.2 Å². The number of amides is 1. The summed E-state index contributed by atoms with van der Waals surface area (Å²) < 4.78 is 26.2. The van der Waals surface area contributed by atoms with Gasteiger partial charge in [0, 0.05) is 23.6 Å². The van der Waals surface area contributed by atoms with Crippen LogP contribution >= 0.6 is 0 Å². The molecule has 36 heavy (non-hydrogen) atoms. The first-order valence-electron chi connectivity index (χ1n) is 13.3.